The van der Waals surface area contributed by atoms with Gasteiger partial charge in [0.25, 0.3) is 0 Å². The quantitative estimate of drug-likeness (QED) is 0.276. The predicted octanol–water partition coefficient (Wildman–Crippen LogP) is 5.04. The average Bonchev–Trinajstić information content (AvgIpc) is 2.94. The number of carboxylic acids is 1. The molecule has 0 aromatic rings. The van der Waals surface area contributed by atoms with Crippen molar-refractivity contribution in [3.05, 3.63) is 12.2 Å². The summed E-state index contributed by atoms with van der Waals surface area (Å²) in [5.41, 5.74) is -2.88. The van der Waals surface area contributed by atoms with E-state index in [2.05, 4.69) is 13.0 Å². The summed E-state index contributed by atoms with van der Waals surface area (Å²) in [6.07, 6.45) is 12.8. The van der Waals surface area contributed by atoms with E-state index in [1.165, 1.54) is 0 Å². The third kappa shape index (κ3) is 7.53. The van der Waals surface area contributed by atoms with Crippen LogP contribution >= 0.6 is 0 Å². The summed E-state index contributed by atoms with van der Waals surface area (Å²) < 4.78 is 0. The molecule has 5 nitrogen and oxygen atoms in total. The van der Waals surface area contributed by atoms with Crippen molar-refractivity contribution in [1.82, 2.24) is 0 Å². The molecule has 1 fully saturated rings. The van der Waals surface area contributed by atoms with Gasteiger partial charge in [-0.05, 0) is 51.4 Å². The number of rotatable bonds is 14. The molecule has 0 aromatic heterocycles. The van der Waals surface area contributed by atoms with E-state index in [-0.39, 0.29) is 24.5 Å². The fraction of sp³-hybridized carbons (Fsp3) is 0.833. The average molecular weight is 411 g/mol. The lowest BCUT2D eigenvalue weighted by atomic mass is 9.74. The minimum atomic E-state index is -1.64. The van der Waals surface area contributed by atoms with Crippen LogP contribution < -0.4 is 0 Å². The fourth-order valence-corrected chi connectivity index (χ4v) is 4.39. The molecule has 1 aliphatic rings. The molecule has 0 heterocycles. The number of ketones is 1. The molecule has 1 rings (SSSR count). The topological polar surface area (TPSA) is 94.8 Å². The molecule has 0 spiro atoms. The maximum absolute atomic E-state index is 12.6. The monoisotopic (exact) mass is 410 g/mol. The zero-order chi connectivity index (χ0) is 22.1. The van der Waals surface area contributed by atoms with E-state index in [4.69, 9.17) is 5.11 Å². The van der Waals surface area contributed by atoms with Crippen LogP contribution in [0.15, 0.2) is 12.2 Å². The highest BCUT2D eigenvalue weighted by Crippen LogP contribution is 2.45. The van der Waals surface area contributed by atoms with Crippen LogP contribution in [0.4, 0.5) is 0 Å². The van der Waals surface area contributed by atoms with Gasteiger partial charge in [0.05, 0.1) is 5.60 Å². The Balaban J connectivity index is 2.58. The van der Waals surface area contributed by atoms with Gasteiger partial charge in [0, 0.05) is 11.8 Å². The van der Waals surface area contributed by atoms with Gasteiger partial charge in [-0.25, -0.2) is 4.79 Å². The first-order chi connectivity index (χ1) is 13.5. The second-order valence-corrected chi connectivity index (χ2v) is 9.41. The molecular formula is C24H42O5. The summed E-state index contributed by atoms with van der Waals surface area (Å²) in [5, 5.41) is 29.8. The van der Waals surface area contributed by atoms with Crippen molar-refractivity contribution in [2.75, 3.05) is 0 Å². The molecule has 0 amide bonds. The normalized spacial score (nSPS) is 26.6. The van der Waals surface area contributed by atoms with E-state index < -0.39 is 22.6 Å². The summed E-state index contributed by atoms with van der Waals surface area (Å²) in [7, 11) is 0. The van der Waals surface area contributed by atoms with Crippen molar-refractivity contribution in [1.29, 1.82) is 0 Å². The molecule has 2 unspecified atom stereocenters. The van der Waals surface area contributed by atoms with Crippen LogP contribution in [0.5, 0.6) is 0 Å². The fourth-order valence-electron chi connectivity index (χ4n) is 4.39. The van der Waals surface area contributed by atoms with Gasteiger partial charge in [-0.1, -0.05) is 65.0 Å². The number of hydrogen-bond acceptors (Lipinski definition) is 4. The lowest BCUT2D eigenvalue weighted by molar-refractivity contribution is -0.159. The molecule has 4 atom stereocenters. The van der Waals surface area contributed by atoms with Gasteiger partial charge in [-0.3, -0.25) is 4.79 Å². The van der Waals surface area contributed by atoms with E-state index >= 15 is 0 Å². The molecular weight excluding hydrogens is 368 g/mol. The lowest BCUT2D eigenvalue weighted by Gasteiger charge is -2.29. The molecule has 0 radical (unpaired) electrons. The molecule has 168 valence electrons. The first kappa shape index (κ1) is 25.8. The van der Waals surface area contributed by atoms with Crippen LogP contribution in [0.25, 0.3) is 0 Å². The van der Waals surface area contributed by atoms with Crippen molar-refractivity contribution in [2.45, 2.75) is 116 Å². The number of aliphatic carboxylic acids is 1. The van der Waals surface area contributed by atoms with Crippen LogP contribution in [0.2, 0.25) is 0 Å². The molecule has 3 N–H and O–H groups in total. The maximum atomic E-state index is 12.6. The van der Waals surface area contributed by atoms with Gasteiger partial charge in [0.15, 0.2) is 5.60 Å². The van der Waals surface area contributed by atoms with E-state index in [0.29, 0.717) is 12.8 Å². The Morgan fingerprint density at radius 1 is 1.14 bits per heavy atom. The molecule has 1 saturated carbocycles. The molecule has 5 heteroatoms. The Bertz CT molecular complexity index is 568. The van der Waals surface area contributed by atoms with Crippen molar-refractivity contribution in [3.8, 4) is 0 Å². The number of carbonyl (C=O) groups excluding carboxylic acids is 1. The van der Waals surface area contributed by atoms with Gasteiger partial charge in [-0.2, -0.15) is 0 Å². The van der Waals surface area contributed by atoms with Gasteiger partial charge < -0.3 is 15.3 Å². The summed E-state index contributed by atoms with van der Waals surface area (Å²) in [5.74, 6) is -0.734. The summed E-state index contributed by atoms with van der Waals surface area (Å²) in [6.45, 7) is 7.69. The number of hydrogen-bond donors (Lipinski definition) is 3. The number of unbranched alkanes of at least 4 members (excludes halogenated alkanes) is 4. The van der Waals surface area contributed by atoms with E-state index in [9.17, 15) is 19.8 Å². The number of aliphatic hydroxyl groups is 2. The third-order valence-corrected chi connectivity index (χ3v) is 6.88. The number of Topliss-reactive ketones (excluding diaryl/α,β-unsaturated/α-hetero) is 1. The summed E-state index contributed by atoms with van der Waals surface area (Å²) in [6, 6.07) is 0. The third-order valence-electron chi connectivity index (χ3n) is 6.88. The highest BCUT2D eigenvalue weighted by atomic mass is 16.4. The highest BCUT2D eigenvalue weighted by molar-refractivity contribution is 5.87. The standard InChI is InChI=1S/C24H42O5/c1-5-7-9-15-22(3,28)18-14-19-12-13-20(25)23(19,4)16-10-8-11-17-24(29,6-2)21(26)27/h14,18-19,28-29H,5-13,15-17H2,1-4H3,(H,26,27)/t19-,22?,23-,24?/m1/s1. The Kier molecular flexibility index (Phi) is 10.0. The van der Waals surface area contributed by atoms with Crippen molar-refractivity contribution in [2.24, 2.45) is 11.3 Å². The van der Waals surface area contributed by atoms with Crippen LogP contribution in [0.3, 0.4) is 0 Å². The van der Waals surface area contributed by atoms with Gasteiger partial charge in [0.1, 0.15) is 5.78 Å². The van der Waals surface area contributed by atoms with Gasteiger partial charge in [0.2, 0.25) is 0 Å². The molecule has 0 aromatic carbocycles. The minimum Gasteiger partial charge on any atom is -0.479 e. The number of carbonyl (C=O) groups is 2. The van der Waals surface area contributed by atoms with Crippen molar-refractivity contribution < 1.29 is 24.9 Å². The van der Waals surface area contributed by atoms with Crippen LogP contribution in [0, 0.1) is 11.3 Å². The SMILES string of the molecule is CCCCCC(C)(O)C=C[C@H]1CCC(=O)[C@]1(C)CCCCCC(O)(CC)C(=O)O. The number of carboxylic acid groups (broad SMARTS) is 1. The van der Waals surface area contributed by atoms with Crippen LogP contribution in [-0.4, -0.2) is 38.3 Å². The Morgan fingerprint density at radius 3 is 2.38 bits per heavy atom. The molecule has 0 saturated heterocycles. The van der Waals surface area contributed by atoms with Gasteiger partial charge in [-0.15, -0.1) is 0 Å². The predicted molar refractivity (Wildman–Crippen MR) is 116 cm³/mol. The van der Waals surface area contributed by atoms with Crippen molar-refractivity contribution >= 4 is 11.8 Å². The zero-order valence-electron chi connectivity index (χ0n) is 18.9. The first-order valence-corrected chi connectivity index (χ1v) is 11.4. The Morgan fingerprint density at radius 2 is 1.79 bits per heavy atom. The second kappa shape index (κ2) is 11.3. The zero-order valence-corrected chi connectivity index (χ0v) is 18.9. The molecule has 29 heavy (non-hydrogen) atoms. The van der Waals surface area contributed by atoms with Crippen LogP contribution in [-0.2, 0) is 9.59 Å². The minimum absolute atomic E-state index is 0.138. The maximum Gasteiger partial charge on any atom is 0.335 e. The molecule has 1 aliphatic carbocycles. The molecule has 0 aliphatic heterocycles. The summed E-state index contributed by atoms with van der Waals surface area (Å²) >= 11 is 0. The summed E-state index contributed by atoms with van der Waals surface area (Å²) in [4.78, 5) is 23.8. The van der Waals surface area contributed by atoms with Crippen LogP contribution in [0.1, 0.15) is 105 Å². The lowest BCUT2D eigenvalue weighted by Crippen LogP contribution is -2.37. The number of allylic oxidation sites excluding steroid dienone is 1. The second-order valence-electron chi connectivity index (χ2n) is 9.41. The first-order valence-electron chi connectivity index (χ1n) is 11.4. The van der Waals surface area contributed by atoms with E-state index in [1.807, 2.05) is 19.9 Å². The van der Waals surface area contributed by atoms with Gasteiger partial charge >= 0.3 is 5.97 Å². The smallest absolute Gasteiger partial charge is 0.335 e. The van der Waals surface area contributed by atoms with E-state index in [0.717, 1.165) is 51.4 Å². The highest BCUT2D eigenvalue weighted by Gasteiger charge is 2.44. The largest absolute Gasteiger partial charge is 0.479 e. The van der Waals surface area contributed by atoms with Crippen molar-refractivity contribution in [3.63, 3.8) is 0 Å². The van der Waals surface area contributed by atoms with E-state index in [1.54, 1.807) is 6.92 Å². The molecule has 0 bridgehead atoms. The Labute approximate surface area is 176 Å². The Hall–Kier alpha value is -1.20.